The minimum absolute atomic E-state index is 0.152. The molecule has 0 saturated carbocycles. The van der Waals surface area contributed by atoms with Crippen molar-refractivity contribution in [1.29, 1.82) is 0 Å². The summed E-state index contributed by atoms with van der Waals surface area (Å²) in [6.07, 6.45) is 4.97. The van der Waals surface area contributed by atoms with E-state index in [2.05, 4.69) is 5.10 Å². The van der Waals surface area contributed by atoms with Crippen LogP contribution in [0.1, 0.15) is 10.4 Å². The highest BCUT2D eigenvalue weighted by Gasteiger charge is 2.64. The number of rotatable bonds is 5. The zero-order chi connectivity index (χ0) is 23.3. The molecule has 0 N–H and O–H groups in total. The quantitative estimate of drug-likeness (QED) is 0.299. The fraction of sp³-hybridized carbons (Fsp3) is 0.217. The minimum atomic E-state index is -0.964. The molecule has 2 fully saturated rings. The molecule has 0 unspecified atom stereocenters. The number of hydrogen-bond acceptors (Lipinski definition) is 8. The van der Waals surface area contributed by atoms with Crippen molar-refractivity contribution < 1.29 is 24.0 Å². The Morgan fingerprint density at radius 1 is 1.03 bits per heavy atom. The summed E-state index contributed by atoms with van der Waals surface area (Å²) in [7, 11) is 1.52. The molecule has 0 aromatic heterocycles. The third kappa shape index (κ3) is 3.10. The third-order valence-electron chi connectivity index (χ3n) is 6.25. The number of amides is 2. The highest BCUT2D eigenvalue weighted by Crippen LogP contribution is 2.46. The van der Waals surface area contributed by atoms with Crippen LogP contribution >= 0.6 is 0 Å². The maximum Gasteiger partial charge on any atom is 0.269 e. The number of nitro groups is 1. The summed E-state index contributed by atoms with van der Waals surface area (Å²) in [5, 5.41) is 16.8. The van der Waals surface area contributed by atoms with E-state index in [4.69, 9.17) is 4.74 Å². The topological polar surface area (TPSA) is 122 Å². The monoisotopic (exact) mass is 446 g/mol. The van der Waals surface area contributed by atoms with Crippen molar-refractivity contribution in [2.24, 2.45) is 16.9 Å². The fourth-order valence-electron chi connectivity index (χ4n) is 4.74. The second-order valence-corrected chi connectivity index (χ2v) is 7.89. The largest absolute Gasteiger partial charge is 0.497 e. The van der Waals surface area contributed by atoms with E-state index in [1.54, 1.807) is 36.4 Å². The van der Waals surface area contributed by atoms with Gasteiger partial charge in [0.1, 0.15) is 11.8 Å². The number of imide groups is 1. The van der Waals surface area contributed by atoms with E-state index in [0.29, 0.717) is 11.3 Å². The number of allylic oxidation sites excluding steroid dienone is 1. The lowest BCUT2D eigenvalue weighted by Crippen LogP contribution is -2.46. The standard InChI is InChI=1S/C23H18N4O6/c1-33-16-10-4-13(5-11-16)21(28)20-19-18(17-3-2-12-24-26(17)20)22(29)25(23(19)30)14-6-8-15(9-7-14)27(31)32/h2-12,17-20H,1H3/t17-,18+,19+,20-/m0/s1. The number of fused-ring (bicyclic) bond motifs is 3. The molecule has 33 heavy (non-hydrogen) atoms. The Kier molecular flexibility index (Phi) is 4.77. The van der Waals surface area contributed by atoms with E-state index < -0.39 is 40.7 Å². The van der Waals surface area contributed by atoms with Crippen LogP contribution in [0.2, 0.25) is 0 Å². The Hall–Kier alpha value is -4.34. The number of Topliss-reactive ketones (excluding diaryl/α,β-unsaturated/α-hetero) is 1. The Morgan fingerprint density at radius 2 is 1.70 bits per heavy atom. The molecule has 0 spiro atoms. The molecular formula is C23H18N4O6. The van der Waals surface area contributed by atoms with Gasteiger partial charge >= 0.3 is 0 Å². The Labute approximate surface area is 187 Å². The predicted octanol–water partition coefficient (Wildman–Crippen LogP) is 2.20. The molecule has 2 amide bonds. The van der Waals surface area contributed by atoms with Crippen LogP contribution in [0.15, 0.2) is 65.8 Å². The number of carbonyl (C=O) groups excluding carboxylic acids is 3. The van der Waals surface area contributed by atoms with Gasteiger partial charge in [0.2, 0.25) is 11.8 Å². The molecule has 2 aromatic carbocycles. The molecule has 0 bridgehead atoms. The van der Waals surface area contributed by atoms with Crippen LogP contribution < -0.4 is 9.64 Å². The van der Waals surface area contributed by atoms with Gasteiger partial charge in [0.15, 0.2) is 5.78 Å². The number of nitro benzene ring substituents is 1. The van der Waals surface area contributed by atoms with Gasteiger partial charge in [-0.2, -0.15) is 5.10 Å². The fourth-order valence-corrected chi connectivity index (χ4v) is 4.74. The number of hydrogen-bond donors (Lipinski definition) is 0. The van der Waals surface area contributed by atoms with E-state index in [1.165, 1.54) is 42.6 Å². The van der Waals surface area contributed by atoms with E-state index in [-0.39, 0.29) is 17.2 Å². The SMILES string of the molecule is COc1ccc(C(=O)[C@@H]2[C@@H]3C(=O)N(c4ccc([N+](=O)[O-])cc4)C(=O)[C@@H]3[C@@H]3C=CC=NN23)cc1. The molecule has 10 nitrogen and oxygen atoms in total. The molecule has 3 aliphatic rings. The number of ketones is 1. The average molecular weight is 446 g/mol. The third-order valence-corrected chi connectivity index (χ3v) is 6.25. The smallest absolute Gasteiger partial charge is 0.269 e. The molecule has 3 aliphatic heterocycles. The summed E-state index contributed by atoms with van der Waals surface area (Å²) in [6.45, 7) is 0. The molecule has 2 saturated heterocycles. The van der Waals surface area contributed by atoms with E-state index in [9.17, 15) is 24.5 Å². The van der Waals surface area contributed by atoms with Crippen LogP contribution in [0.5, 0.6) is 5.75 Å². The van der Waals surface area contributed by atoms with Crippen molar-refractivity contribution in [2.45, 2.75) is 12.1 Å². The lowest BCUT2D eigenvalue weighted by Gasteiger charge is -2.30. The first-order valence-electron chi connectivity index (χ1n) is 10.2. The Balaban J connectivity index is 1.53. The Morgan fingerprint density at radius 3 is 2.33 bits per heavy atom. The van der Waals surface area contributed by atoms with Gasteiger partial charge in [-0.15, -0.1) is 0 Å². The number of ether oxygens (including phenoxy) is 1. The van der Waals surface area contributed by atoms with Crippen molar-refractivity contribution in [2.75, 3.05) is 12.0 Å². The molecule has 3 heterocycles. The van der Waals surface area contributed by atoms with Crippen LogP contribution in [0.4, 0.5) is 11.4 Å². The Bertz CT molecular complexity index is 1220. The normalized spacial score (nSPS) is 25.2. The van der Waals surface area contributed by atoms with Crippen LogP contribution in [0.3, 0.4) is 0 Å². The number of benzene rings is 2. The van der Waals surface area contributed by atoms with E-state index in [0.717, 1.165) is 4.90 Å². The first-order valence-corrected chi connectivity index (χ1v) is 10.2. The second kappa shape index (κ2) is 7.66. The molecule has 166 valence electrons. The van der Waals surface area contributed by atoms with Gasteiger partial charge in [-0.25, -0.2) is 4.90 Å². The molecular weight excluding hydrogens is 428 g/mol. The summed E-state index contributed by atoms with van der Waals surface area (Å²) in [5.74, 6) is -2.46. The first-order chi connectivity index (χ1) is 15.9. The van der Waals surface area contributed by atoms with Gasteiger partial charge in [0, 0.05) is 23.9 Å². The lowest BCUT2D eigenvalue weighted by atomic mass is 9.86. The maximum atomic E-state index is 13.5. The van der Waals surface area contributed by atoms with Crippen molar-refractivity contribution >= 4 is 35.2 Å². The molecule has 5 rings (SSSR count). The van der Waals surface area contributed by atoms with Gasteiger partial charge in [0.25, 0.3) is 5.69 Å². The van der Waals surface area contributed by atoms with Gasteiger partial charge in [0.05, 0.1) is 35.6 Å². The van der Waals surface area contributed by atoms with Gasteiger partial charge in [-0.05, 0) is 42.5 Å². The predicted molar refractivity (Wildman–Crippen MR) is 117 cm³/mol. The van der Waals surface area contributed by atoms with Crippen molar-refractivity contribution in [1.82, 2.24) is 5.01 Å². The molecule has 0 radical (unpaired) electrons. The van der Waals surface area contributed by atoms with Gasteiger partial charge in [-0.3, -0.25) is 29.5 Å². The number of anilines is 1. The molecule has 10 heteroatoms. The van der Waals surface area contributed by atoms with Crippen molar-refractivity contribution in [3.05, 3.63) is 76.4 Å². The lowest BCUT2D eigenvalue weighted by molar-refractivity contribution is -0.384. The number of carbonyl (C=O) groups is 3. The van der Waals surface area contributed by atoms with E-state index in [1.807, 2.05) is 0 Å². The summed E-state index contributed by atoms with van der Waals surface area (Å²) >= 11 is 0. The van der Waals surface area contributed by atoms with Crippen molar-refractivity contribution in [3.63, 3.8) is 0 Å². The molecule has 4 atom stereocenters. The zero-order valence-electron chi connectivity index (χ0n) is 17.4. The number of methoxy groups -OCH3 is 1. The zero-order valence-corrected chi connectivity index (χ0v) is 17.4. The minimum Gasteiger partial charge on any atom is -0.497 e. The number of hydrazone groups is 1. The van der Waals surface area contributed by atoms with Gasteiger partial charge in [-0.1, -0.05) is 6.08 Å². The number of nitrogens with zero attached hydrogens (tertiary/aromatic N) is 4. The van der Waals surface area contributed by atoms with E-state index >= 15 is 0 Å². The first kappa shape index (κ1) is 20.6. The highest BCUT2D eigenvalue weighted by molar-refractivity contribution is 6.24. The average Bonchev–Trinajstić information content (AvgIpc) is 3.31. The highest BCUT2D eigenvalue weighted by atomic mass is 16.6. The molecule has 0 aliphatic carbocycles. The van der Waals surface area contributed by atoms with Crippen LogP contribution in [-0.2, 0) is 9.59 Å². The molecule has 2 aromatic rings. The summed E-state index contributed by atoms with van der Waals surface area (Å²) in [4.78, 5) is 51.8. The second-order valence-electron chi connectivity index (χ2n) is 7.89. The van der Waals surface area contributed by atoms with Gasteiger partial charge < -0.3 is 4.74 Å². The summed E-state index contributed by atoms with van der Waals surface area (Å²) in [6, 6.07) is 10.2. The van der Waals surface area contributed by atoms with Crippen LogP contribution in [0, 0.1) is 22.0 Å². The summed E-state index contributed by atoms with van der Waals surface area (Å²) in [5.41, 5.74) is 0.454. The van der Waals surface area contributed by atoms with Crippen LogP contribution in [-0.4, -0.2) is 52.9 Å². The van der Waals surface area contributed by atoms with Crippen LogP contribution in [0.25, 0.3) is 0 Å². The summed E-state index contributed by atoms with van der Waals surface area (Å²) < 4.78 is 5.15. The van der Waals surface area contributed by atoms with Crippen molar-refractivity contribution in [3.8, 4) is 5.75 Å². The maximum absolute atomic E-state index is 13.5. The number of non-ortho nitro benzene ring substituents is 1.